The Bertz CT molecular complexity index is 1440. The van der Waals surface area contributed by atoms with Crippen LogP contribution in [-0.2, 0) is 4.79 Å². The largest absolute Gasteiger partial charge is 0.493 e. The summed E-state index contributed by atoms with van der Waals surface area (Å²) in [5, 5.41) is 11.1. The van der Waals surface area contributed by atoms with Crippen molar-refractivity contribution in [3.8, 4) is 28.6 Å². The monoisotopic (exact) mass is 497 g/mol. The van der Waals surface area contributed by atoms with Gasteiger partial charge in [0, 0.05) is 16.9 Å². The van der Waals surface area contributed by atoms with E-state index in [1.165, 1.54) is 0 Å². The SMILES string of the molecule is COc1cc(C2C(C(=O)Nc3ccccc3)=C(C)Nc3nc(-c4ccccc4)nn32)cc(OC)c1OC. The number of allylic oxidation sites excluding steroid dienone is 1. The first-order valence-electron chi connectivity index (χ1n) is 11.7. The second-order valence-corrected chi connectivity index (χ2v) is 8.41. The van der Waals surface area contributed by atoms with Crippen molar-refractivity contribution >= 4 is 17.5 Å². The van der Waals surface area contributed by atoms with E-state index in [4.69, 9.17) is 24.3 Å². The molecule has 0 aliphatic carbocycles. The molecule has 9 heteroatoms. The van der Waals surface area contributed by atoms with Crippen LogP contribution in [0.15, 0.2) is 84.1 Å². The summed E-state index contributed by atoms with van der Waals surface area (Å²) in [7, 11) is 4.67. The molecular weight excluding hydrogens is 470 g/mol. The van der Waals surface area contributed by atoms with Crippen LogP contribution in [0.2, 0.25) is 0 Å². The van der Waals surface area contributed by atoms with Gasteiger partial charge in [0.15, 0.2) is 17.3 Å². The summed E-state index contributed by atoms with van der Waals surface area (Å²) in [5.41, 5.74) is 3.41. The molecule has 9 nitrogen and oxygen atoms in total. The van der Waals surface area contributed by atoms with Gasteiger partial charge in [0.1, 0.15) is 6.04 Å². The molecule has 0 spiro atoms. The molecule has 2 N–H and O–H groups in total. The first kappa shape index (κ1) is 23.9. The molecule has 1 aliphatic heterocycles. The Hall–Kier alpha value is -4.79. The highest BCUT2D eigenvalue weighted by Gasteiger charge is 2.35. The summed E-state index contributed by atoms with van der Waals surface area (Å²) >= 11 is 0. The number of aromatic nitrogens is 3. The van der Waals surface area contributed by atoms with Gasteiger partial charge in [-0.25, -0.2) is 4.68 Å². The second-order valence-electron chi connectivity index (χ2n) is 8.41. The molecule has 0 fully saturated rings. The number of anilines is 2. The van der Waals surface area contributed by atoms with E-state index in [1.807, 2.05) is 79.7 Å². The lowest BCUT2D eigenvalue weighted by Crippen LogP contribution is -2.31. The van der Waals surface area contributed by atoms with Gasteiger partial charge in [0.2, 0.25) is 11.7 Å². The van der Waals surface area contributed by atoms with Gasteiger partial charge < -0.3 is 24.8 Å². The Morgan fingerprint density at radius 2 is 1.54 bits per heavy atom. The van der Waals surface area contributed by atoms with Gasteiger partial charge in [0.05, 0.1) is 26.9 Å². The van der Waals surface area contributed by atoms with E-state index in [0.29, 0.717) is 46.0 Å². The fourth-order valence-electron chi connectivity index (χ4n) is 4.44. The van der Waals surface area contributed by atoms with Crippen LogP contribution >= 0.6 is 0 Å². The number of amides is 1. The van der Waals surface area contributed by atoms with E-state index in [-0.39, 0.29) is 5.91 Å². The van der Waals surface area contributed by atoms with Crippen molar-refractivity contribution in [1.29, 1.82) is 0 Å². The summed E-state index contributed by atoms with van der Waals surface area (Å²) in [6, 6.07) is 22.0. The molecule has 1 aromatic heterocycles. The predicted octanol–water partition coefficient (Wildman–Crippen LogP) is 4.90. The number of nitrogens with zero attached hydrogens (tertiary/aromatic N) is 3. The minimum atomic E-state index is -0.626. The average molecular weight is 498 g/mol. The molecule has 1 aliphatic rings. The van der Waals surface area contributed by atoms with Crippen molar-refractivity contribution in [1.82, 2.24) is 14.8 Å². The molecule has 1 amide bonds. The third-order valence-corrected chi connectivity index (χ3v) is 6.16. The van der Waals surface area contributed by atoms with Gasteiger partial charge >= 0.3 is 0 Å². The van der Waals surface area contributed by atoms with E-state index >= 15 is 0 Å². The number of carbonyl (C=O) groups is 1. The minimum Gasteiger partial charge on any atom is -0.493 e. The van der Waals surface area contributed by atoms with E-state index in [1.54, 1.807) is 26.0 Å². The number of benzene rings is 3. The highest BCUT2D eigenvalue weighted by atomic mass is 16.5. The zero-order valence-corrected chi connectivity index (χ0v) is 21.0. The highest BCUT2D eigenvalue weighted by molar-refractivity contribution is 6.06. The third kappa shape index (κ3) is 4.47. The smallest absolute Gasteiger partial charge is 0.255 e. The molecular formula is C28H27N5O4. The number of hydrogen-bond acceptors (Lipinski definition) is 7. The van der Waals surface area contributed by atoms with E-state index in [2.05, 4.69) is 10.6 Å². The van der Waals surface area contributed by atoms with E-state index in [0.717, 1.165) is 11.1 Å². The van der Waals surface area contributed by atoms with Crippen LogP contribution in [0, 0.1) is 0 Å². The molecule has 5 rings (SSSR count). The lowest BCUT2D eigenvalue weighted by molar-refractivity contribution is -0.113. The molecule has 37 heavy (non-hydrogen) atoms. The van der Waals surface area contributed by atoms with Crippen LogP contribution in [0.5, 0.6) is 17.2 Å². The predicted molar refractivity (Wildman–Crippen MR) is 141 cm³/mol. The number of carbonyl (C=O) groups excluding carboxylic acids is 1. The summed E-state index contributed by atoms with van der Waals surface area (Å²) in [6.07, 6.45) is 0. The number of hydrogen-bond donors (Lipinski definition) is 2. The first-order valence-corrected chi connectivity index (χ1v) is 11.7. The number of ether oxygens (including phenoxy) is 3. The van der Waals surface area contributed by atoms with Gasteiger partial charge in [0.25, 0.3) is 5.91 Å². The average Bonchev–Trinajstić information content (AvgIpc) is 3.36. The van der Waals surface area contributed by atoms with Crippen LogP contribution < -0.4 is 24.8 Å². The third-order valence-electron chi connectivity index (χ3n) is 6.16. The fourth-order valence-corrected chi connectivity index (χ4v) is 4.44. The van der Waals surface area contributed by atoms with Crippen LogP contribution in [0.3, 0.4) is 0 Å². The highest BCUT2D eigenvalue weighted by Crippen LogP contribution is 2.44. The minimum absolute atomic E-state index is 0.266. The fraction of sp³-hybridized carbons (Fsp3) is 0.179. The normalized spacial score (nSPS) is 14.4. The van der Waals surface area contributed by atoms with Crippen molar-refractivity contribution in [2.75, 3.05) is 32.0 Å². The molecule has 188 valence electrons. The van der Waals surface area contributed by atoms with Crippen molar-refractivity contribution in [2.24, 2.45) is 0 Å². The summed E-state index contributed by atoms with van der Waals surface area (Å²) in [5.74, 6) is 2.20. The molecule has 0 saturated carbocycles. The standard InChI is InChI=1S/C28H27N5O4/c1-17-23(27(34)30-20-13-9-6-10-14-20)24(19-15-21(35-2)25(37-4)22(16-19)36-3)33-28(29-17)31-26(32-33)18-11-7-5-8-12-18/h5-16,24H,1-4H3,(H,30,34)(H,29,31,32). The number of nitrogens with one attached hydrogen (secondary N) is 2. The van der Waals surface area contributed by atoms with Crippen molar-refractivity contribution in [3.05, 3.63) is 89.6 Å². The molecule has 1 atom stereocenters. The van der Waals surface area contributed by atoms with Crippen molar-refractivity contribution in [3.63, 3.8) is 0 Å². The Morgan fingerprint density at radius 3 is 2.14 bits per heavy atom. The Balaban J connectivity index is 1.68. The quantitative estimate of drug-likeness (QED) is 0.375. The Morgan fingerprint density at radius 1 is 0.919 bits per heavy atom. The number of fused-ring (bicyclic) bond motifs is 1. The van der Waals surface area contributed by atoms with E-state index < -0.39 is 6.04 Å². The van der Waals surface area contributed by atoms with Crippen molar-refractivity contribution in [2.45, 2.75) is 13.0 Å². The molecule has 1 unspecified atom stereocenters. The zero-order chi connectivity index (χ0) is 25.9. The van der Waals surface area contributed by atoms with Gasteiger partial charge in [-0.3, -0.25) is 4.79 Å². The van der Waals surface area contributed by atoms with Gasteiger partial charge in [-0.1, -0.05) is 48.5 Å². The molecule has 4 aromatic rings. The summed E-state index contributed by atoms with van der Waals surface area (Å²) < 4.78 is 18.5. The van der Waals surface area contributed by atoms with Crippen molar-refractivity contribution < 1.29 is 19.0 Å². The molecule has 3 aromatic carbocycles. The number of rotatable bonds is 7. The van der Waals surface area contributed by atoms with Crippen LogP contribution in [0.1, 0.15) is 18.5 Å². The zero-order valence-electron chi connectivity index (χ0n) is 21.0. The molecule has 0 bridgehead atoms. The molecule has 0 saturated heterocycles. The maximum absolute atomic E-state index is 13.7. The molecule has 2 heterocycles. The Labute approximate surface area is 214 Å². The maximum Gasteiger partial charge on any atom is 0.255 e. The van der Waals surface area contributed by atoms with Crippen LogP contribution in [-0.4, -0.2) is 42.0 Å². The van der Waals surface area contributed by atoms with Gasteiger partial charge in [-0.05, 0) is 36.8 Å². The second kappa shape index (κ2) is 10.1. The van der Waals surface area contributed by atoms with E-state index in [9.17, 15) is 4.79 Å². The summed E-state index contributed by atoms with van der Waals surface area (Å²) in [4.78, 5) is 18.5. The lowest BCUT2D eigenvalue weighted by Gasteiger charge is -2.29. The Kier molecular flexibility index (Phi) is 6.51. The molecule has 0 radical (unpaired) electrons. The topological polar surface area (TPSA) is 99.5 Å². The number of methoxy groups -OCH3 is 3. The maximum atomic E-state index is 13.7. The number of para-hydroxylation sites is 1. The van der Waals surface area contributed by atoms with Gasteiger partial charge in [-0.15, -0.1) is 5.10 Å². The summed E-state index contributed by atoms with van der Waals surface area (Å²) in [6.45, 7) is 1.85. The lowest BCUT2D eigenvalue weighted by atomic mass is 9.94. The van der Waals surface area contributed by atoms with Crippen LogP contribution in [0.4, 0.5) is 11.6 Å². The van der Waals surface area contributed by atoms with Crippen LogP contribution in [0.25, 0.3) is 11.4 Å². The van der Waals surface area contributed by atoms with Gasteiger partial charge in [-0.2, -0.15) is 4.98 Å². The first-order chi connectivity index (χ1) is 18.0.